The monoisotopic (exact) mass is 335 g/mol. The van der Waals surface area contributed by atoms with E-state index in [1.54, 1.807) is 36.7 Å². The van der Waals surface area contributed by atoms with Crippen molar-refractivity contribution < 1.29 is 14.0 Å². The maximum absolute atomic E-state index is 11.9. The summed E-state index contributed by atoms with van der Waals surface area (Å²) < 4.78 is 5.13. The maximum Gasteiger partial charge on any atom is 0.315 e. The first-order valence-electron chi connectivity index (χ1n) is 7.43. The zero-order chi connectivity index (χ0) is 16.7. The summed E-state index contributed by atoms with van der Waals surface area (Å²) in [5.41, 5.74) is 1.19. The molecule has 0 spiro atoms. The maximum atomic E-state index is 11.9. The summed E-state index contributed by atoms with van der Waals surface area (Å²) in [7, 11) is 0. The minimum absolute atomic E-state index is 0.0111. The largest absolute Gasteiger partial charge is 0.467 e. The minimum Gasteiger partial charge on any atom is -0.467 e. The number of thiophene rings is 1. The molecule has 0 unspecified atom stereocenters. The van der Waals surface area contributed by atoms with E-state index in [-0.39, 0.29) is 18.0 Å². The number of furan rings is 1. The van der Waals surface area contributed by atoms with Crippen LogP contribution in [0.3, 0.4) is 0 Å². The molecule has 0 saturated heterocycles. The zero-order valence-corrected chi connectivity index (χ0v) is 14.0. The standard InChI is InChI=1S/C16H21N3O3S/c1-11(8-13-5-7-23-10-13)18-16(21)19-12(2)15(20)17-9-14-4-3-6-22-14/h3-7,10-12H,8-9H2,1-2H3,(H,17,20)(H2,18,19,21)/t11-,12+/m0/s1. The van der Waals surface area contributed by atoms with Crippen LogP contribution in [-0.4, -0.2) is 24.0 Å². The fourth-order valence-corrected chi connectivity index (χ4v) is 2.76. The molecule has 2 aromatic rings. The van der Waals surface area contributed by atoms with Crippen LogP contribution in [0.4, 0.5) is 4.79 Å². The molecule has 6 nitrogen and oxygen atoms in total. The molecule has 7 heteroatoms. The van der Waals surface area contributed by atoms with Gasteiger partial charge in [-0.05, 0) is 54.8 Å². The van der Waals surface area contributed by atoms with Crippen molar-refractivity contribution in [3.8, 4) is 0 Å². The Morgan fingerprint density at radius 2 is 2.09 bits per heavy atom. The first kappa shape index (κ1) is 17.1. The summed E-state index contributed by atoms with van der Waals surface area (Å²) in [6.07, 6.45) is 2.31. The van der Waals surface area contributed by atoms with Crippen LogP contribution in [0.15, 0.2) is 39.6 Å². The topological polar surface area (TPSA) is 83.4 Å². The van der Waals surface area contributed by atoms with Gasteiger partial charge in [0.15, 0.2) is 0 Å². The van der Waals surface area contributed by atoms with Gasteiger partial charge in [-0.1, -0.05) is 0 Å². The van der Waals surface area contributed by atoms with E-state index in [4.69, 9.17) is 4.42 Å². The molecular formula is C16H21N3O3S. The van der Waals surface area contributed by atoms with Gasteiger partial charge in [0, 0.05) is 6.04 Å². The molecule has 0 saturated carbocycles. The Morgan fingerprint density at radius 1 is 1.26 bits per heavy atom. The van der Waals surface area contributed by atoms with Crippen LogP contribution in [0.1, 0.15) is 25.2 Å². The molecule has 0 aliphatic carbocycles. The second-order valence-corrected chi connectivity index (χ2v) is 6.15. The molecule has 2 heterocycles. The van der Waals surface area contributed by atoms with Crippen LogP contribution in [-0.2, 0) is 17.8 Å². The van der Waals surface area contributed by atoms with Gasteiger partial charge in [-0.25, -0.2) is 4.79 Å². The van der Waals surface area contributed by atoms with E-state index in [1.807, 2.05) is 18.4 Å². The Labute approximate surface area is 139 Å². The molecule has 0 fully saturated rings. The number of hydrogen-bond donors (Lipinski definition) is 3. The van der Waals surface area contributed by atoms with Crippen molar-refractivity contribution in [3.63, 3.8) is 0 Å². The molecule has 23 heavy (non-hydrogen) atoms. The third-order valence-electron chi connectivity index (χ3n) is 3.26. The molecule has 3 N–H and O–H groups in total. The lowest BCUT2D eigenvalue weighted by molar-refractivity contribution is -0.122. The third-order valence-corrected chi connectivity index (χ3v) is 3.99. The number of carbonyl (C=O) groups excluding carboxylic acids is 2. The Kier molecular flexibility index (Phi) is 6.22. The third kappa shape index (κ3) is 5.78. The summed E-state index contributed by atoms with van der Waals surface area (Å²) in [5, 5.41) is 12.2. The number of nitrogens with one attached hydrogen (secondary N) is 3. The predicted octanol–water partition coefficient (Wildman–Crippen LogP) is 2.28. The number of urea groups is 1. The fraction of sp³-hybridized carbons (Fsp3) is 0.375. The molecule has 2 aromatic heterocycles. The zero-order valence-electron chi connectivity index (χ0n) is 13.2. The van der Waals surface area contributed by atoms with E-state index in [9.17, 15) is 9.59 Å². The van der Waals surface area contributed by atoms with Crippen molar-refractivity contribution in [1.82, 2.24) is 16.0 Å². The molecule has 0 bridgehead atoms. The van der Waals surface area contributed by atoms with Crippen molar-refractivity contribution >= 4 is 23.3 Å². The van der Waals surface area contributed by atoms with Gasteiger partial charge in [-0.3, -0.25) is 4.79 Å². The number of amides is 3. The fourth-order valence-electron chi connectivity index (χ4n) is 2.08. The van der Waals surface area contributed by atoms with Crippen molar-refractivity contribution in [2.45, 2.75) is 38.9 Å². The number of carbonyl (C=O) groups is 2. The van der Waals surface area contributed by atoms with E-state index >= 15 is 0 Å². The Morgan fingerprint density at radius 3 is 2.74 bits per heavy atom. The summed E-state index contributed by atoms with van der Waals surface area (Å²) in [4.78, 5) is 23.8. The summed E-state index contributed by atoms with van der Waals surface area (Å²) in [5.74, 6) is 0.404. The van der Waals surface area contributed by atoms with Gasteiger partial charge in [-0.2, -0.15) is 11.3 Å². The van der Waals surface area contributed by atoms with Gasteiger partial charge in [0.2, 0.25) is 5.91 Å². The van der Waals surface area contributed by atoms with Crippen LogP contribution < -0.4 is 16.0 Å². The number of hydrogen-bond acceptors (Lipinski definition) is 4. The van der Waals surface area contributed by atoms with E-state index in [0.29, 0.717) is 12.3 Å². The average molecular weight is 335 g/mol. The highest BCUT2D eigenvalue weighted by molar-refractivity contribution is 7.07. The van der Waals surface area contributed by atoms with E-state index in [1.165, 1.54) is 5.56 Å². The average Bonchev–Trinajstić information content (AvgIpc) is 3.17. The molecule has 0 aliphatic rings. The molecular weight excluding hydrogens is 314 g/mol. The van der Waals surface area contributed by atoms with Gasteiger partial charge in [0.05, 0.1) is 12.8 Å². The van der Waals surface area contributed by atoms with Gasteiger partial charge >= 0.3 is 6.03 Å². The van der Waals surface area contributed by atoms with Crippen molar-refractivity contribution in [3.05, 3.63) is 46.5 Å². The molecule has 0 radical (unpaired) electrons. The van der Waals surface area contributed by atoms with Crippen LogP contribution >= 0.6 is 11.3 Å². The van der Waals surface area contributed by atoms with E-state index in [0.717, 1.165) is 6.42 Å². The van der Waals surface area contributed by atoms with Gasteiger partial charge in [0.25, 0.3) is 0 Å². The quantitative estimate of drug-likeness (QED) is 0.726. The Bertz CT molecular complexity index is 611. The first-order valence-corrected chi connectivity index (χ1v) is 8.37. The van der Waals surface area contributed by atoms with Crippen molar-refractivity contribution in [2.24, 2.45) is 0 Å². The summed E-state index contributed by atoms with van der Waals surface area (Å²) in [6, 6.07) is 4.57. The molecule has 0 aliphatic heterocycles. The molecule has 2 atom stereocenters. The highest BCUT2D eigenvalue weighted by Gasteiger charge is 2.16. The molecule has 124 valence electrons. The van der Waals surface area contributed by atoms with Crippen LogP contribution in [0.25, 0.3) is 0 Å². The van der Waals surface area contributed by atoms with Gasteiger partial charge < -0.3 is 20.4 Å². The normalized spacial score (nSPS) is 13.1. The number of rotatable bonds is 7. The lowest BCUT2D eigenvalue weighted by Gasteiger charge is -2.17. The van der Waals surface area contributed by atoms with E-state index < -0.39 is 6.04 Å². The highest BCUT2D eigenvalue weighted by Crippen LogP contribution is 2.08. The second kappa shape index (κ2) is 8.38. The molecule has 2 rings (SSSR count). The molecule has 3 amide bonds. The van der Waals surface area contributed by atoms with Crippen LogP contribution in [0, 0.1) is 0 Å². The van der Waals surface area contributed by atoms with Crippen molar-refractivity contribution in [2.75, 3.05) is 0 Å². The minimum atomic E-state index is -0.627. The lowest BCUT2D eigenvalue weighted by atomic mass is 10.1. The Balaban J connectivity index is 1.69. The second-order valence-electron chi connectivity index (χ2n) is 5.37. The van der Waals surface area contributed by atoms with Gasteiger partial charge in [-0.15, -0.1) is 0 Å². The van der Waals surface area contributed by atoms with Gasteiger partial charge in [0.1, 0.15) is 11.8 Å². The van der Waals surface area contributed by atoms with Crippen LogP contribution in [0.2, 0.25) is 0 Å². The summed E-state index contributed by atoms with van der Waals surface area (Å²) in [6.45, 7) is 3.87. The van der Waals surface area contributed by atoms with Crippen molar-refractivity contribution in [1.29, 1.82) is 0 Å². The molecule has 0 aromatic carbocycles. The van der Waals surface area contributed by atoms with Crippen LogP contribution in [0.5, 0.6) is 0 Å². The smallest absolute Gasteiger partial charge is 0.315 e. The summed E-state index contributed by atoms with van der Waals surface area (Å²) >= 11 is 1.63. The first-order chi connectivity index (χ1) is 11.0. The predicted molar refractivity (Wildman–Crippen MR) is 89.2 cm³/mol. The van der Waals surface area contributed by atoms with E-state index in [2.05, 4.69) is 21.3 Å². The lowest BCUT2D eigenvalue weighted by Crippen LogP contribution is -2.50. The highest BCUT2D eigenvalue weighted by atomic mass is 32.1. The Hall–Kier alpha value is -2.28. The SMILES string of the molecule is C[C@@H](Cc1ccsc1)NC(=O)N[C@H](C)C(=O)NCc1ccco1.